The first kappa shape index (κ1) is 14.2. The lowest BCUT2D eigenvalue weighted by atomic mass is 10.2. The van der Waals surface area contributed by atoms with E-state index in [1.807, 2.05) is 13.8 Å². The number of nitrogens with one attached hydrogen (secondary N) is 1. The van der Waals surface area contributed by atoms with Crippen LogP contribution in [0.5, 0.6) is 0 Å². The number of nitrogens with zero attached hydrogens (tertiary/aromatic N) is 3. The number of anilines is 1. The van der Waals surface area contributed by atoms with Gasteiger partial charge in [-0.15, -0.1) is 0 Å². The Morgan fingerprint density at radius 1 is 1.42 bits per heavy atom. The lowest BCUT2D eigenvalue weighted by Crippen LogP contribution is -2.36. The van der Waals surface area contributed by atoms with Gasteiger partial charge in [-0.1, -0.05) is 13.8 Å². The fourth-order valence-corrected chi connectivity index (χ4v) is 3.57. The zero-order valence-corrected chi connectivity index (χ0v) is 11.9. The Kier molecular flexibility index (Phi) is 4.02. The number of nitrogens with two attached hydrogens (primary N) is 1. The quantitative estimate of drug-likeness (QED) is 0.585. The maximum absolute atomic E-state index is 12.5. The highest BCUT2D eigenvalue weighted by atomic mass is 32.2. The average molecular weight is 285 g/mol. The predicted octanol–water partition coefficient (Wildman–Crippen LogP) is 0.571. The van der Waals surface area contributed by atoms with Crippen LogP contribution in [-0.4, -0.2) is 35.3 Å². The number of hydrogen-bond acceptors (Lipinski definition) is 6. The van der Waals surface area contributed by atoms with Crippen LogP contribution in [0.4, 0.5) is 5.95 Å². The van der Waals surface area contributed by atoms with Crippen molar-refractivity contribution in [3.05, 3.63) is 12.4 Å². The second kappa shape index (κ2) is 5.40. The Bertz CT molecular complexity index is 525. The molecule has 0 aromatic carbocycles. The Morgan fingerprint density at radius 2 is 2.00 bits per heavy atom. The summed E-state index contributed by atoms with van der Waals surface area (Å²) < 4.78 is 26.6. The summed E-state index contributed by atoms with van der Waals surface area (Å²) in [5.41, 5.74) is 2.27. The van der Waals surface area contributed by atoms with E-state index in [0.29, 0.717) is 6.54 Å². The number of sulfonamides is 1. The molecule has 1 aliphatic rings. The third kappa shape index (κ3) is 3.20. The molecule has 1 aliphatic carbocycles. The molecule has 3 N–H and O–H groups in total. The van der Waals surface area contributed by atoms with Crippen molar-refractivity contribution in [2.75, 3.05) is 12.0 Å². The molecule has 0 radical (unpaired) electrons. The van der Waals surface area contributed by atoms with E-state index in [1.165, 1.54) is 12.4 Å². The molecule has 7 nitrogen and oxygen atoms in total. The average Bonchev–Trinajstić information content (AvgIpc) is 3.20. The minimum absolute atomic E-state index is 0.110. The molecule has 106 valence electrons. The summed E-state index contributed by atoms with van der Waals surface area (Å²) in [4.78, 5) is 7.81. The molecule has 1 aromatic rings. The largest absolute Gasteiger partial charge is 0.292 e. The van der Waals surface area contributed by atoms with Crippen LogP contribution in [0.1, 0.15) is 26.7 Å². The van der Waals surface area contributed by atoms with Gasteiger partial charge in [-0.05, 0) is 18.8 Å². The summed E-state index contributed by atoms with van der Waals surface area (Å²) in [7, 11) is -3.52. The van der Waals surface area contributed by atoms with Crippen LogP contribution in [-0.2, 0) is 10.0 Å². The molecule has 1 saturated carbocycles. The molecule has 8 heteroatoms. The molecule has 1 aromatic heterocycles. The van der Waals surface area contributed by atoms with Crippen molar-refractivity contribution in [2.24, 2.45) is 11.8 Å². The van der Waals surface area contributed by atoms with E-state index < -0.39 is 10.0 Å². The summed E-state index contributed by atoms with van der Waals surface area (Å²) >= 11 is 0. The third-order valence-electron chi connectivity index (χ3n) is 2.86. The Morgan fingerprint density at radius 3 is 2.42 bits per heavy atom. The van der Waals surface area contributed by atoms with Gasteiger partial charge in [-0.2, -0.15) is 4.31 Å². The number of hydrazine groups is 1. The number of hydrogen-bond donors (Lipinski definition) is 2. The second-order valence-corrected chi connectivity index (χ2v) is 6.98. The van der Waals surface area contributed by atoms with Crippen LogP contribution in [0.15, 0.2) is 17.3 Å². The first-order valence-electron chi connectivity index (χ1n) is 6.25. The van der Waals surface area contributed by atoms with Crippen LogP contribution in [0.25, 0.3) is 0 Å². The standard InChI is InChI=1S/C11H19N5O2S/c1-8(2)7-16(9-3-4-9)19(17,18)10-5-13-11(15-12)14-6-10/h5-6,8-9H,3-4,7,12H2,1-2H3,(H,13,14,15). The summed E-state index contributed by atoms with van der Waals surface area (Å²) in [6.45, 7) is 4.52. The van der Waals surface area contributed by atoms with Crippen LogP contribution >= 0.6 is 0 Å². The van der Waals surface area contributed by atoms with Crippen LogP contribution in [0.2, 0.25) is 0 Å². The highest BCUT2D eigenvalue weighted by Gasteiger charge is 2.38. The molecular formula is C11H19N5O2S. The van der Waals surface area contributed by atoms with Crippen molar-refractivity contribution in [3.8, 4) is 0 Å². The Labute approximate surface area is 113 Å². The van der Waals surface area contributed by atoms with Crippen molar-refractivity contribution in [3.63, 3.8) is 0 Å². The first-order chi connectivity index (χ1) is 8.95. The maximum atomic E-state index is 12.5. The van der Waals surface area contributed by atoms with Crippen molar-refractivity contribution in [1.29, 1.82) is 0 Å². The molecule has 0 unspecified atom stereocenters. The summed E-state index contributed by atoms with van der Waals surface area (Å²) in [6.07, 6.45) is 4.42. The van der Waals surface area contributed by atoms with E-state index >= 15 is 0 Å². The highest BCUT2D eigenvalue weighted by Crippen LogP contribution is 2.32. The topological polar surface area (TPSA) is 101 Å². The summed E-state index contributed by atoms with van der Waals surface area (Å²) in [6, 6.07) is 0.125. The van der Waals surface area contributed by atoms with E-state index in [0.717, 1.165) is 12.8 Å². The highest BCUT2D eigenvalue weighted by molar-refractivity contribution is 7.89. The van der Waals surface area contributed by atoms with Crippen LogP contribution < -0.4 is 11.3 Å². The van der Waals surface area contributed by atoms with Gasteiger partial charge in [0.05, 0.1) is 12.4 Å². The van der Waals surface area contributed by atoms with Crippen molar-refractivity contribution >= 4 is 16.0 Å². The molecule has 0 amide bonds. The van der Waals surface area contributed by atoms with Gasteiger partial charge in [0.2, 0.25) is 16.0 Å². The molecule has 1 heterocycles. The summed E-state index contributed by atoms with van der Waals surface area (Å²) in [5, 5.41) is 0. The molecular weight excluding hydrogens is 266 g/mol. The first-order valence-corrected chi connectivity index (χ1v) is 7.69. The van der Waals surface area contributed by atoms with E-state index in [2.05, 4.69) is 15.4 Å². The monoisotopic (exact) mass is 285 g/mol. The minimum atomic E-state index is -3.52. The van der Waals surface area contributed by atoms with Gasteiger partial charge < -0.3 is 0 Å². The lowest BCUT2D eigenvalue weighted by molar-refractivity contribution is 0.360. The van der Waals surface area contributed by atoms with Crippen molar-refractivity contribution in [2.45, 2.75) is 37.6 Å². The third-order valence-corrected chi connectivity index (χ3v) is 4.73. The van der Waals surface area contributed by atoms with E-state index in [1.54, 1.807) is 4.31 Å². The number of nitrogen functional groups attached to an aromatic ring is 1. The predicted molar refractivity (Wildman–Crippen MR) is 71.6 cm³/mol. The minimum Gasteiger partial charge on any atom is -0.292 e. The van der Waals surface area contributed by atoms with Gasteiger partial charge in [0.15, 0.2) is 0 Å². The smallest absolute Gasteiger partial charge is 0.246 e. The molecule has 0 aliphatic heterocycles. The van der Waals surface area contributed by atoms with Gasteiger partial charge in [0.1, 0.15) is 4.90 Å². The van der Waals surface area contributed by atoms with Crippen molar-refractivity contribution in [1.82, 2.24) is 14.3 Å². The zero-order valence-electron chi connectivity index (χ0n) is 11.1. The lowest BCUT2D eigenvalue weighted by Gasteiger charge is -2.23. The van der Waals surface area contributed by atoms with Gasteiger partial charge in [0, 0.05) is 12.6 Å². The van der Waals surface area contributed by atoms with Gasteiger partial charge >= 0.3 is 0 Å². The fraction of sp³-hybridized carbons (Fsp3) is 0.636. The van der Waals surface area contributed by atoms with Crippen LogP contribution in [0, 0.1) is 5.92 Å². The number of rotatable bonds is 6. The second-order valence-electron chi connectivity index (χ2n) is 5.09. The fourth-order valence-electron chi connectivity index (χ4n) is 1.83. The van der Waals surface area contributed by atoms with Gasteiger partial charge in [-0.3, -0.25) is 5.43 Å². The molecule has 1 fully saturated rings. The Hall–Kier alpha value is -1.25. The van der Waals surface area contributed by atoms with E-state index in [9.17, 15) is 8.42 Å². The normalized spacial score (nSPS) is 16.1. The SMILES string of the molecule is CC(C)CN(C1CC1)S(=O)(=O)c1cnc(NN)nc1. The van der Waals surface area contributed by atoms with Crippen LogP contribution in [0.3, 0.4) is 0 Å². The Balaban J connectivity index is 2.27. The van der Waals surface area contributed by atoms with Crippen molar-refractivity contribution < 1.29 is 8.42 Å². The molecule has 19 heavy (non-hydrogen) atoms. The van der Waals surface area contributed by atoms with E-state index in [-0.39, 0.29) is 22.8 Å². The summed E-state index contributed by atoms with van der Waals surface area (Å²) in [5.74, 6) is 5.63. The molecule has 0 atom stereocenters. The maximum Gasteiger partial charge on any atom is 0.246 e. The molecule has 0 spiro atoms. The van der Waals surface area contributed by atoms with E-state index in [4.69, 9.17) is 5.84 Å². The van der Waals surface area contributed by atoms with Gasteiger partial charge in [-0.25, -0.2) is 24.2 Å². The van der Waals surface area contributed by atoms with Gasteiger partial charge in [0.25, 0.3) is 0 Å². The molecule has 0 bridgehead atoms. The zero-order chi connectivity index (χ0) is 14.0. The molecule has 2 rings (SSSR count). The molecule has 0 saturated heterocycles. The number of aromatic nitrogens is 2.